The van der Waals surface area contributed by atoms with Crippen molar-refractivity contribution in [1.82, 2.24) is 0 Å². The molecular formula is C43H84NO7P. The predicted octanol–water partition coefficient (Wildman–Crippen LogP) is 12.6. The van der Waals surface area contributed by atoms with Crippen molar-refractivity contribution in [2.45, 2.75) is 218 Å². The van der Waals surface area contributed by atoms with Gasteiger partial charge in [-0.05, 0) is 38.5 Å². The highest BCUT2D eigenvalue weighted by molar-refractivity contribution is 7.47. The Morgan fingerprint density at radius 2 is 0.962 bits per heavy atom. The van der Waals surface area contributed by atoms with Crippen molar-refractivity contribution in [1.29, 1.82) is 0 Å². The van der Waals surface area contributed by atoms with Gasteiger partial charge in [0.15, 0.2) is 0 Å². The van der Waals surface area contributed by atoms with E-state index in [1.54, 1.807) is 0 Å². The fourth-order valence-electron chi connectivity index (χ4n) is 6.31. The van der Waals surface area contributed by atoms with Crippen molar-refractivity contribution in [3.05, 3.63) is 24.3 Å². The van der Waals surface area contributed by atoms with Crippen molar-refractivity contribution < 1.29 is 33.1 Å². The van der Waals surface area contributed by atoms with Crippen LogP contribution in [0.3, 0.4) is 0 Å². The first-order valence-corrected chi connectivity index (χ1v) is 23.4. The summed E-state index contributed by atoms with van der Waals surface area (Å²) in [5, 5.41) is 9.77. The lowest BCUT2D eigenvalue weighted by molar-refractivity contribution is -0.147. The third kappa shape index (κ3) is 41.7. The predicted molar refractivity (Wildman–Crippen MR) is 219 cm³/mol. The van der Waals surface area contributed by atoms with E-state index in [1.165, 1.54) is 173 Å². The lowest BCUT2D eigenvalue weighted by Gasteiger charge is -2.15. The van der Waals surface area contributed by atoms with E-state index in [2.05, 4.69) is 40.3 Å². The average Bonchev–Trinajstić information content (AvgIpc) is 3.14. The molecule has 0 aliphatic rings. The molecule has 0 saturated heterocycles. The Labute approximate surface area is 321 Å². The molecular weight excluding hydrogens is 673 g/mol. The van der Waals surface area contributed by atoms with Gasteiger partial charge in [0.25, 0.3) is 0 Å². The van der Waals surface area contributed by atoms with Crippen LogP contribution < -0.4 is 5.73 Å². The van der Waals surface area contributed by atoms with Crippen LogP contribution in [0.15, 0.2) is 24.3 Å². The maximum Gasteiger partial charge on any atom is 0.472 e. The van der Waals surface area contributed by atoms with Crippen LogP contribution in [0.25, 0.3) is 0 Å². The second-order valence-corrected chi connectivity index (χ2v) is 16.2. The fraction of sp³-hybridized carbons (Fsp3) is 0.884. The summed E-state index contributed by atoms with van der Waals surface area (Å²) in [6.45, 7) is 1.47. The number of carbonyl (C=O) groups excluding carboxylic acids is 1. The molecule has 4 N–H and O–H groups in total. The molecule has 0 spiro atoms. The van der Waals surface area contributed by atoms with Gasteiger partial charge in [0.05, 0.1) is 13.2 Å². The van der Waals surface area contributed by atoms with Crippen molar-refractivity contribution in [2.24, 2.45) is 5.73 Å². The van der Waals surface area contributed by atoms with E-state index in [4.69, 9.17) is 10.5 Å². The van der Waals surface area contributed by atoms with Crippen LogP contribution in [-0.4, -0.2) is 48.4 Å². The highest BCUT2D eigenvalue weighted by Gasteiger charge is 2.22. The normalized spacial score (nSPS) is 13.7. The summed E-state index contributed by atoms with van der Waals surface area (Å²) < 4.78 is 25.7. The molecule has 9 heteroatoms. The zero-order chi connectivity index (χ0) is 38.1. The number of allylic oxidation sites excluding steroid dienone is 4. The van der Waals surface area contributed by atoms with Gasteiger partial charge in [-0.15, -0.1) is 0 Å². The van der Waals surface area contributed by atoms with E-state index in [0.717, 1.165) is 25.7 Å². The Hall–Kier alpha value is -1.02. The van der Waals surface area contributed by atoms with Crippen LogP contribution >= 0.6 is 7.82 Å². The second-order valence-electron chi connectivity index (χ2n) is 14.8. The summed E-state index contributed by atoms with van der Waals surface area (Å²) in [6, 6.07) is 0. The van der Waals surface area contributed by atoms with E-state index in [0.29, 0.717) is 6.42 Å². The van der Waals surface area contributed by atoms with Gasteiger partial charge in [0.1, 0.15) is 12.7 Å². The summed E-state index contributed by atoms with van der Waals surface area (Å²) in [7, 11) is -4.25. The second kappa shape index (κ2) is 41.1. The SMILES string of the molecule is CCCCCCC/C=C\C/C=C\CCCCCCCCCCCCCCCCCCCCCCCCCC(=O)OCC(O)COP(=O)(O)OCCN. The molecule has 0 rings (SSSR count). The van der Waals surface area contributed by atoms with Crippen molar-refractivity contribution in [3.63, 3.8) is 0 Å². The molecule has 0 aliphatic carbocycles. The van der Waals surface area contributed by atoms with Crippen molar-refractivity contribution in [3.8, 4) is 0 Å². The summed E-state index contributed by atoms with van der Waals surface area (Å²) >= 11 is 0. The molecule has 0 saturated carbocycles. The van der Waals surface area contributed by atoms with Crippen LogP contribution in [-0.2, 0) is 23.1 Å². The molecule has 2 unspecified atom stereocenters. The lowest BCUT2D eigenvalue weighted by Crippen LogP contribution is -2.23. The average molecular weight is 758 g/mol. The Bertz CT molecular complexity index is 853. The summed E-state index contributed by atoms with van der Waals surface area (Å²) in [5.74, 6) is -0.380. The first-order valence-electron chi connectivity index (χ1n) is 21.9. The van der Waals surface area contributed by atoms with Crippen molar-refractivity contribution in [2.75, 3.05) is 26.4 Å². The lowest BCUT2D eigenvalue weighted by atomic mass is 10.0. The third-order valence-electron chi connectivity index (χ3n) is 9.57. The van der Waals surface area contributed by atoms with Gasteiger partial charge in [0, 0.05) is 13.0 Å². The molecule has 0 aliphatic heterocycles. The zero-order valence-corrected chi connectivity index (χ0v) is 34.7. The molecule has 0 heterocycles. The van der Waals surface area contributed by atoms with Gasteiger partial charge < -0.3 is 20.5 Å². The van der Waals surface area contributed by atoms with Gasteiger partial charge in [-0.25, -0.2) is 4.57 Å². The first-order chi connectivity index (χ1) is 25.4. The first kappa shape index (κ1) is 51.0. The summed E-state index contributed by atoms with van der Waals surface area (Å²) in [5.41, 5.74) is 5.20. The summed E-state index contributed by atoms with van der Waals surface area (Å²) in [6.07, 6.45) is 49.5. The zero-order valence-electron chi connectivity index (χ0n) is 33.8. The molecule has 0 aromatic heterocycles. The topological polar surface area (TPSA) is 128 Å². The number of esters is 1. The minimum atomic E-state index is -4.25. The Morgan fingerprint density at radius 3 is 1.37 bits per heavy atom. The largest absolute Gasteiger partial charge is 0.472 e. The van der Waals surface area contributed by atoms with Gasteiger partial charge in [0.2, 0.25) is 0 Å². The fourth-order valence-corrected chi connectivity index (χ4v) is 7.08. The molecule has 0 aromatic rings. The van der Waals surface area contributed by atoms with Crippen LogP contribution in [0.2, 0.25) is 0 Å². The third-order valence-corrected chi connectivity index (χ3v) is 10.6. The quantitative estimate of drug-likeness (QED) is 0.0243. The molecule has 0 fully saturated rings. The van der Waals surface area contributed by atoms with Crippen LogP contribution in [0.4, 0.5) is 0 Å². The number of hydrogen-bond acceptors (Lipinski definition) is 7. The number of hydrogen-bond donors (Lipinski definition) is 3. The molecule has 308 valence electrons. The maximum atomic E-state index is 11.8. The van der Waals surface area contributed by atoms with E-state index >= 15 is 0 Å². The molecule has 0 aromatic carbocycles. The monoisotopic (exact) mass is 758 g/mol. The van der Waals surface area contributed by atoms with Crippen molar-refractivity contribution >= 4 is 13.8 Å². The molecule has 52 heavy (non-hydrogen) atoms. The number of unbranched alkanes of at least 4 members (excludes halogenated alkanes) is 28. The summed E-state index contributed by atoms with van der Waals surface area (Å²) in [4.78, 5) is 21.2. The number of carbonyl (C=O) groups is 1. The molecule has 0 amide bonds. The highest BCUT2D eigenvalue weighted by Crippen LogP contribution is 2.42. The van der Waals surface area contributed by atoms with Gasteiger partial charge in [-0.3, -0.25) is 13.8 Å². The Morgan fingerprint density at radius 1 is 0.577 bits per heavy atom. The number of rotatable bonds is 42. The van der Waals surface area contributed by atoms with Crippen LogP contribution in [0.1, 0.15) is 212 Å². The van der Waals surface area contributed by atoms with Gasteiger partial charge in [-0.1, -0.05) is 192 Å². The van der Waals surface area contributed by atoms with Gasteiger partial charge in [-0.2, -0.15) is 0 Å². The molecule has 0 bridgehead atoms. The smallest absolute Gasteiger partial charge is 0.463 e. The van der Waals surface area contributed by atoms with E-state index in [-0.39, 0.29) is 25.7 Å². The molecule has 2 atom stereocenters. The number of aliphatic hydroxyl groups excluding tert-OH is 1. The number of ether oxygens (including phenoxy) is 1. The Balaban J connectivity index is 3.27. The maximum absolute atomic E-state index is 11.8. The minimum Gasteiger partial charge on any atom is -0.463 e. The number of phosphoric ester groups is 1. The molecule has 8 nitrogen and oxygen atoms in total. The number of aliphatic hydroxyl groups is 1. The standard InChI is InChI=1S/C43H84NO7P/c1-2-3-4-5-6-7-8-9-10-11-12-13-14-15-16-17-18-19-20-21-22-23-24-25-26-27-28-29-30-31-32-33-34-35-36-37-43(46)49-40-42(45)41-51-52(47,48)50-39-38-44/h8-9,11-12,42,45H,2-7,10,13-41,44H2,1H3,(H,47,48)/b9-8-,12-11-. The van der Waals surface area contributed by atoms with E-state index in [9.17, 15) is 19.4 Å². The number of nitrogens with two attached hydrogens (primary N) is 1. The molecule has 0 radical (unpaired) electrons. The minimum absolute atomic E-state index is 0.0758. The number of phosphoric acid groups is 1. The Kier molecular flexibility index (Phi) is 40.3. The van der Waals surface area contributed by atoms with E-state index in [1.807, 2.05) is 0 Å². The highest BCUT2D eigenvalue weighted by atomic mass is 31.2. The van der Waals surface area contributed by atoms with E-state index < -0.39 is 20.5 Å². The van der Waals surface area contributed by atoms with Crippen LogP contribution in [0.5, 0.6) is 0 Å². The van der Waals surface area contributed by atoms with Gasteiger partial charge >= 0.3 is 13.8 Å². The van der Waals surface area contributed by atoms with Crippen LogP contribution in [0, 0.1) is 0 Å².